The summed E-state index contributed by atoms with van der Waals surface area (Å²) < 4.78 is 0. The van der Waals surface area contributed by atoms with E-state index in [-0.39, 0.29) is 17.2 Å². The molecular weight excluding hydrogens is 230 g/mol. The molecule has 2 aliphatic rings. The van der Waals surface area contributed by atoms with Crippen molar-refractivity contribution in [2.45, 2.75) is 45.1 Å². The van der Waals surface area contributed by atoms with E-state index in [1.807, 2.05) is 4.90 Å². The predicted molar refractivity (Wildman–Crippen MR) is 68.8 cm³/mol. The van der Waals surface area contributed by atoms with E-state index in [2.05, 4.69) is 5.32 Å². The van der Waals surface area contributed by atoms with E-state index >= 15 is 0 Å². The summed E-state index contributed by atoms with van der Waals surface area (Å²) in [6, 6.07) is -0.431. The molecule has 0 bridgehead atoms. The van der Waals surface area contributed by atoms with Crippen molar-refractivity contribution in [1.29, 1.82) is 0 Å². The van der Waals surface area contributed by atoms with Crippen LogP contribution in [0.4, 0.5) is 0 Å². The molecule has 102 valence electrons. The summed E-state index contributed by atoms with van der Waals surface area (Å²) in [6.45, 7) is 3.78. The van der Waals surface area contributed by atoms with Crippen molar-refractivity contribution < 1.29 is 9.59 Å². The van der Waals surface area contributed by atoms with Gasteiger partial charge < -0.3 is 16.0 Å². The molecule has 2 amide bonds. The molecule has 5 heteroatoms. The number of carbonyl (C=O) groups is 2. The molecule has 2 fully saturated rings. The molecule has 0 radical (unpaired) electrons. The second-order valence-electron chi connectivity index (χ2n) is 5.57. The summed E-state index contributed by atoms with van der Waals surface area (Å²) in [5, 5.41) is 2.82. The van der Waals surface area contributed by atoms with Gasteiger partial charge in [-0.05, 0) is 39.0 Å². The van der Waals surface area contributed by atoms with Gasteiger partial charge in [-0.1, -0.05) is 0 Å². The summed E-state index contributed by atoms with van der Waals surface area (Å²) in [7, 11) is 0. The number of nitrogens with one attached hydrogen (secondary N) is 1. The highest BCUT2D eigenvalue weighted by molar-refractivity contribution is 5.91. The van der Waals surface area contributed by atoms with Crippen LogP contribution >= 0.6 is 0 Å². The van der Waals surface area contributed by atoms with Crippen LogP contribution in [0.2, 0.25) is 0 Å². The number of rotatable bonds is 4. The maximum absolute atomic E-state index is 12.1. The molecule has 1 heterocycles. The minimum absolute atomic E-state index is 0.0378. The monoisotopic (exact) mass is 253 g/mol. The normalized spacial score (nSPS) is 23.3. The van der Waals surface area contributed by atoms with Gasteiger partial charge >= 0.3 is 0 Å². The minimum atomic E-state index is -0.431. The Labute approximate surface area is 108 Å². The van der Waals surface area contributed by atoms with Crippen LogP contribution < -0.4 is 11.1 Å². The first-order chi connectivity index (χ1) is 8.59. The Balaban J connectivity index is 1.85. The van der Waals surface area contributed by atoms with Gasteiger partial charge in [0.1, 0.15) is 6.04 Å². The molecule has 1 aliphatic carbocycles. The minimum Gasteiger partial charge on any atom is -0.344 e. The van der Waals surface area contributed by atoms with Crippen molar-refractivity contribution in [2.24, 2.45) is 11.1 Å². The van der Waals surface area contributed by atoms with Crippen LogP contribution in [0.15, 0.2) is 0 Å². The Kier molecular flexibility index (Phi) is 3.90. The molecular formula is C13H23N3O2. The lowest BCUT2D eigenvalue weighted by molar-refractivity contribution is -0.138. The summed E-state index contributed by atoms with van der Waals surface area (Å²) >= 11 is 0. The van der Waals surface area contributed by atoms with Crippen LogP contribution in [-0.4, -0.2) is 42.4 Å². The second kappa shape index (κ2) is 5.26. The summed E-state index contributed by atoms with van der Waals surface area (Å²) in [5.41, 5.74) is 5.23. The van der Waals surface area contributed by atoms with Gasteiger partial charge in [0.2, 0.25) is 11.8 Å². The Morgan fingerprint density at radius 3 is 2.39 bits per heavy atom. The summed E-state index contributed by atoms with van der Waals surface area (Å²) in [4.78, 5) is 26.0. The fourth-order valence-electron chi connectivity index (χ4n) is 2.47. The van der Waals surface area contributed by atoms with Gasteiger partial charge in [0.15, 0.2) is 0 Å². The van der Waals surface area contributed by atoms with Crippen LogP contribution in [-0.2, 0) is 9.59 Å². The topological polar surface area (TPSA) is 75.4 Å². The lowest BCUT2D eigenvalue weighted by Crippen LogP contribution is -2.50. The van der Waals surface area contributed by atoms with Gasteiger partial charge in [0, 0.05) is 19.6 Å². The number of nitrogens with two attached hydrogens (primary N) is 1. The van der Waals surface area contributed by atoms with E-state index in [9.17, 15) is 9.59 Å². The van der Waals surface area contributed by atoms with E-state index in [0.29, 0.717) is 6.54 Å². The van der Waals surface area contributed by atoms with Gasteiger partial charge in [-0.3, -0.25) is 9.59 Å². The van der Waals surface area contributed by atoms with Crippen molar-refractivity contribution in [2.75, 3.05) is 19.6 Å². The van der Waals surface area contributed by atoms with Gasteiger partial charge in [0.05, 0.1) is 5.41 Å². The molecule has 1 aliphatic heterocycles. The highest BCUT2D eigenvalue weighted by Crippen LogP contribution is 2.44. The number of hydrogen-bond acceptors (Lipinski definition) is 3. The third-order valence-electron chi connectivity index (χ3n) is 4.11. The average Bonchev–Trinajstić information content (AvgIpc) is 3.19. The SMILES string of the molecule is CC(NC(=O)C1(CN)CC1)C(=O)N1CCCCC1. The van der Waals surface area contributed by atoms with Gasteiger partial charge in [-0.2, -0.15) is 0 Å². The van der Waals surface area contributed by atoms with Crippen molar-refractivity contribution in [1.82, 2.24) is 10.2 Å². The number of nitrogens with zero attached hydrogens (tertiary/aromatic N) is 1. The molecule has 0 aromatic heterocycles. The van der Waals surface area contributed by atoms with Gasteiger partial charge in [0.25, 0.3) is 0 Å². The first-order valence-electron chi connectivity index (χ1n) is 6.89. The standard InChI is InChI=1S/C13H23N3O2/c1-10(11(17)16-7-3-2-4-8-16)15-12(18)13(9-14)5-6-13/h10H,2-9,14H2,1H3,(H,15,18). The van der Waals surface area contributed by atoms with E-state index < -0.39 is 6.04 Å². The zero-order chi connectivity index (χ0) is 13.2. The molecule has 1 saturated carbocycles. The number of piperidine rings is 1. The van der Waals surface area contributed by atoms with Crippen molar-refractivity contribution >= 4 is 11.8 Å². The molecule has 18 heavy (non-hydrogen) atoms. The first kappa shape index (κ1) is 13.3. The van der Waals surface area contributed by atoms with Crippen molar-refractivity contribution in [3.05, 3.63) is 0 Å². The van der Waals surface area contributed by atoms with Crippen LogP contribution in [0.25, 0.3) is 0 Å². The largest absolute Gasteiger partial charge is 0.344 e. The Hall–Kier alpha value is -1.10. The van der Waals surface area contributed by atoms with Crippen molar-refractivity contribution in [3.8, 4) is 0 Å². The second-order valence-corrected chi connectivity index (χ2v) is 5.57. The molecule has 1 saturated heterocycles. The molecule has 5 nitrogen and oxygen atoms in total. The number of amides is 2. The highest BCUT2D eigenvalue weighted by Gasteiger charge is 2.49. The fraction of sp³-hybridized carbons (Fsp3) is 0.846. The maximum atomic E-state index is 12.1. The van der Waals surface area contributed by atoms with Crippen LogP contribution in [0, 0.1) is 5.41 Å². The lowest BCUT2D eigenvalue weighted by Gasteiger charge is -2.30. The van der Waals surface area contributed by atoms with Crippen molar-refractivity contribution in [3.63, 3.8) is 0 Å². The smallest absolute Gasteiger partial charge is 0.244 e. The Morgan fingerprint density at radius 1 is 1.28 bits per heavy atom. The van der Waals surface area contributed by atoms with Gasteiger partial charge in [-0.15, -0.1) is 0 Å². The van der Waals surface area contributed by atoms with Crippen LogP contribution in [0.5, 0.6) is 0 Å². The number of carbonyl (C=O) groups excluding carboxylic acids is 2. The quantitative estimate of drug-likeness (QED) is 0.753. The molecule has 0 aromatic rings. The zero-order valence-corrected chi connectivity index (χ0v) is 11.1. The third-order valence-corrected chi connectivity index (χ3v) is 4.11. The number of hydrogen-bond donors (Lipinski definition) is 2. The van der Waals surface area contributed by atoms with E-state index in [1.54, 1.807) is 6.92 Å². The fourth-order valence-corrected chi connectivity index (χ4v) is 2.47. The zero-order valence-electron chi connectivity index (χ0n) is 11.1. The lowest BCUT2D eigenvalue weighted by atomic mass is 10.1. The van der Waals surface area contributed by atoms with E-state index in [0.717, 1.165) is 38.8 Å². The molecule has 1 atom stereocenters. The molecule has 1 unspecified atom stereocenters. The van der Waals surface area contributed by atoms with Crippen LogP contribution in [0.1, 0.15) is 39.0 Å². The summed E-state index contributed by atoms with van der Waals surface area (Å²) in [5.74, 6) is -0.0151. The van der Waals surface area contributed by atoms with Crippen LogP contribution in [0.3, 0.4) is 0 Å². The molecule has 3 N–H and O–H groups in total. The van der Waals surface area contributed by atoms with E-state index in [1.165, 1.54) is 6.42 Å². The molecule has 2 rings (SSSR count). The van der Waals surface area contributed by atoms with Gasteiger partial charge in [-0.25, -0.2) is 0 Å². The molecule has 0 aromatic carbocycles. The summed E-state index contributed by atoms with van der Waals surface area (Å²) in [6.07, 6.45) is 5.03. The predicted octanol–water partition coefficient (Wildman–Crippen LogP) is 0.242. The third kappa shape index (κ3) is 2.66. The van der Waals surface area contributed by atoms with E-state index in [4.69, 9.17) is 5.73 Å². The molecule has 0 spiro atoms. The Bertz CT molecular complexity index is 333. The average molecular weight is 253 g/mol. The maximum Gasteiger partial charge on any atom is 0.244 e. The Morgan fingerprint density at radius 2 is 1.89 bits per heavy atom. The number of likely N-dealkylation sites (tertiary alicyclic amines) is 1. The first-order valence-corrected chi connectivity index (χ1v) is 6.89. The highest BCUT2D eigenvalue weighted by atomic mass is 16.2.